The van der Waals surface area contributed by atoms with Gasteiger partial charge in [0.05, 0.1) is 52.7 Å². The fourth-order valence-corrected chi connectivity index (χ4v) is 5.68. The predicted molar refractivity (Wildman–Crippen MR) is 185 cm³/mol. The van der Waals surface area contributed by atoms with Crippen molar-refractivity contribution in [3.05, 3.63) is 102 Å². The fraction of sp³-hybridized carbons (Fsp3) is 0.421. The van der Waals surface area contributed by atoms with Gasteiger partial charge in [0.1, 0.15) is 23.4 Å². The number of morpholine rings is 1. The number of epoxide rings is 1. The third-order valence-corrected chi connectivity index (χ3v) is 8.76. The molecule has 2 fully saturated rings. The van der Waals surface area contributed by atoms with Crippen LogP contribution >= 0.6 is 0 Å². The summed E-state index contributed by atoms with van der Waals surface area (Å²) in [4.78, 5) is 56.7. The van der Waals surface area contributed by atoms with Crippen molar-refractivity contribution in [1.29, 1.82) is 0 Å². The molecule has 0 bridgehead atoms. The molecule has 3 aromatic carbocycles. The molecule has 2 aliphatic heterocycles. The molecule has 2 saturated heterocycles. The first kappa shape index (κ1) is 36.7. The molecule has 0 saturated carbocycles. The molecule has 3 aromatic rings. The molecule has 0 spiro atoms. The Morgan fingerprint density at radius 3 is 1.94 bits per heavy atom. The molecular formula is C38H46N4O8. The van der Waals surface area contributed by atoms with Crippen LogP contribution in [0.4, 0.5) is 0 Å². The summed E-state index contributed by atoms with van der Waals surface area (Å²) in [5.41, 5.74) is 1.55. The number of rotatable bonds is 18. The Morgan fingerprint density at radius 2 is 1.32 bits per heavy atom. The first-order chi connectivity index (χ1) is 24.2. The van der Waals surface area contributed by atoms with Crippen LogP contribution in [0.1, 0.15) is 23.6 Å². The Kier molecular flexibility index (Phi) is 13.1. The first-order valence-corrected chi connectivity index (χ1v) is 16.9. The van der Waals surface area contributed by atoms with E-state index >= 15 is 0 Å². The van der Waals surface area contributed by atoms with Gasteiger partial charge in [-0.2, -0.15) is 0 Å². The molecule has 0 aromatic heterocycles. The van der Waals surface area contributed by atoms with E-state index < -0.39 is 35.5 Å². The van der Waals surface area contributed by atoms with E-state index in [1.807, 2.05) is 77.7 Å². The van der Waals surface area contributed by atoms with Gasteiger partial charge >= 0.3 is 0 Å². The lowest BCUT2D eigenvalue weighted by atomic mass is 9.94. The number of Topliss-reactive ketones (excluding diaryl/α,β-unsaturated/α-hetero) is 1. The summed E-state index contributed by atoms with van der Waals surface area (Å²) in [7, 11) is 1.56. The van der Waals surface area contributed by atoms with Crippen LogP contribution in [0.5, 0.6) is 5.75 Å². The maximum Gasteiger partial charge on any atom is 0.245 e. The lowest BCUT2D eigenvalue weighted by Crippen LogP contribution is -2.59. The molecule has 3 amide bonds. The highest BCUT2D eigenvalue weighted by Gasteiger charge is 2.50. The molecule has 266 valence electrons. The monoisotopic (exact) mass is 686 g/mol. The number of hydrogen-bond acceptors (Lipinski definition) is 9. The van der Waals surface area contributed by atoms with Gasteiger partial charge in [-0.25, -0.2) is 0 Å². The summed E-state index contributed by atoms with van der Waals surface area (Å²) >= 11 is 0. The SMILES string of the molecule is COc1ccc(CC(NC(=O)C(COCc2ccccc2)NC(=O)CN2CCOCC2)C(=O)NC(Cc2ccccc2)C(=O)C2(C)CO2)cc1. The van der Waals surface area contributed by atoms with Crippen LogP contribution in [0, 0.1) is 0 Å². The van der Waals surface area contributed by atoms with Gasteiger partial charge in [-0.15, -0.1) is 0 Å². The number of hydrogen-bond donors (Lipinski definition) is 3. The highest BCUT2D eigenvalue weighted by Crippen LogP contribution is 2.29. The van der Waals surface area contributed by atoms with Crippen LogP contribution in [0.3, 0.4) is 0 Å². The molecule has 4 atom stereocenters. The molecule has 12 heteroatoms. The van der Waals surface area contributed by atoms with Gasteiger partial charge in [0.2, 0.25) is 17.7 Å². The van der Waals surface area contributed by atoms with Gasteiger partial charge in [-0.1, -0.05) is 72.8 Å². The smallest absolute Gasteiger partial charge is 0.245 e. The number of methoxy groups -OCH3 is 1. The molecule has 0 radical (unpaired) electrons. The van der Waals surface area contributed by atoms with Crippen LogP contribution < -0.4 is 20.7 Å². The topological polar surface area (TPSA) is 148 Å². The van der Waals surface area contributed by atoms with E-state index in [4.69, 9.17) is 18.9 Å². The van der Waals surface area contributed by atoms with Crippen LogP contribution in [-0.2, 0) is 52.8 Å². The molecule has 12 nitrogen and oxygen atoms in total. The van der Waals surface area contributed by atoms with E-state index in [0.29, 0.717) is 32.1 Å². The number of amides is 3. The van der Waals surface area contributed by atoms with Gasteiger partial charge in [-0.3, -0.25) is 24.1 Å². The number of carbonyl (C=O) groups is 4. The number of nitrogens with one attached hydrogen (secondary N) is 3. The van der Waals surface area contributed by atoms with Crippen molar-refractivity contribution in [1.82, 2.24) is 20.9 Å². The molecule has 2 aliphatic rings. The predicted octanol–water partition coefficient (Wildman–Crippen LogP) is 1.84. The maximum absolute atomic E-state index is 14.1. The second kappa shape index (κ2) is 17.9. The van der Waals surface area contributed by atoms with Crippen molar-refractivity contribution in [2.45, 2.75) is 50.1 Å². The standard InChI is InChI=1S/C38H46N4O8/c1-38(26-50-38)35(44)31(21-27-9-5-3-6-10-27)40-36(45)32(22-28-13-15-30(47-2)16-14-28)41-37(46)33(25-49-24-29-11-7-4-8-12-29)39-34(43)23-42-17-19-48-20-18-42/h3-16,31-33H,17-26H2,1-2H3,(H,39,43)(H,40,45)(H,41,46). The second-order valence-corrected chi connectivity index (χ2v) is 12.8. The average molecular weight is 687 g/mol. The molecule has 5 rings (SSSR count). The first-order valence-electron chi connectivity index (χ1n) is 16.9. The highest BCUT2D eigenvalue weighted by atomic mass is 16.6. The quantitative estimate of drug-likeness (QED) is 0.171. The minimum atomic E-state index is -1.10. The van der Waals surface area contributed by atoms with E-state index in [0.717, 1.165) is 16.7 Å². The summed E-state index contributed by atoms with van der Waals surface area (Å²) in [5.74, 6) is -1.09. The Hall–Kier alpha value is -4.62. The largest absolute Gasteiger partial charge is 0.497 e. The zero-order valence-electron chi connectivity index (χ0n) is 28.6. The lowest BCUT2D eigenvalue weighted by Gasteiger charge is -2.28. The lowest BCUT2D eigenvalue weighted by molar-refractivity contribution is -0.135. The van der Waals surface area contributed by atoms with Crippen LogP contribution in [0.25, 0.3) is 0 Å². The van der Waals surface area contributed by atoms with Gasteiger partial charge in [0, 0.05) is 19.5 Å². The van der Waals surface area contributed by atoms with Gasteiger partial charge in [0.15, 0.2) is 5.78 Å². The van der Waals surface area contributed by atoms with E-state index in [1.165, 1.54) is 0 Å². The van der Waals surface area contributed by atoms with Crippen molar-refractivity contribution in [3.63, 3.8) is 0 Å². The third-order valence-electron chi connectivity index (χ3n) is 8.76. The molecule has 50 heavy (non-hydrogen) atoms. The van der Waals surface area contributed by atoms with Gasteiger partial charge in [-0.05, 0) is 42.2 Å². The van der Waals surface area contributed by atoms with Crippen molar-refractivity contribution >= 4 is 23.5 Å². The van der Waals surface area contributed by atoms with E-state index in [1.54, 1.807) is 26.2 Å². The van der Waals surface area contributed by atoms with E-state index in [-0.39, 0.29) is 50.9 Å². The van der Waals surface area contributed by atoms with Crippen molar-refractivity contribution in [3.8, 4) is 5.75 Å². The molecule has 2 heterocycles. The number of ether oxygens (including phenoxy) is 4. The number of benzene rings is 3. The summed E-state index contributed by atoms with van der Waals surface area (Å²) in [5, 5.41) is 8.59. The van der Waals surface area contributed by atoms with E-state index in [9.17, 15) is 19.2 Å². The summed E-state index contributed by atoms with van der Waals surface area (Å²) < 4.78 is 22.0. The van der Waals surface area contributed by atoms with Crippen molar-refractivity contribution in [2.75, 3.05) is 53.2 Å². The second-order valence-electron chi connectivity index (χ2n) is 12.8. The third kappa shape index (κ3) is 10.9. The number of carbonyl (C=O) groups excluding carboxylic acids is 4. The molecular weight excluding hydrogens is 640 g/mol. The Balaban J connectivity index is 1.34. The zero-order valence-corrected chi connectivity index (χ0v) is 28.6. The van der Waals surface area contributed by atoms with E-state index in [2.05, 4.69) is 16.0 Å². The zero-order chi connectivity index (χ0) is 35.3. The van der Waals surface area contributed by atoms with Crippen molar-refractivity contribution < 1.29 is 38.1 Å². The highest BCUT2D eigenvalue weighted by molar-refractivity contribution is 5.98. The number of ketones is 1. The van der Waals surface area contributed by atoms with Crippen LogP contribution in [-0.4, -0.2) is 105 Å². The summed E-state index contributed by atoms with van der Waals surface area (Å²) in [6.07, 6.45) is 0.363. The van der Waals surface area contributed by atoms with Crippen molar-refractivity contribution in [2.24, 2.45) is 0 Å². The summed E-state index contributed by atoms with van der Waals surface area (Å²) in [6.45, 7) is 4.42. The number of nitrogens with zero attached hydrogens (tertiary/aromatic N) is 1. The van der Waals surface area contributed by atoms with Gasteiger partial charge in [0.25, 0.3) is 0 Å². The Morgan fingerprint density at radius 1 is 0.760 bits per heavy atom. The Bertz CT molecular complexity index is 1560. The summed E-state index contributed by atoms with van der Waals surface area (Å²) in [6, 6.07) is 22.9. The molecule has 4 unspecified atom stereocenters. The molecule has 0 aliphatic carbocycles. The Labute approximate surface area is 292 Å². The van der Waals surface area contributed by atoms with Gasteiger partial charge < -0.3 is 34.9 Å². The maximum atomic E-state index is 14.1. The minimum Gasteiger partial charge on any atom is -0.497 e. The normalized spacial score (nSPS) is 19.0. The van der Waals surface area contributed by atoms with Crippen LogP contribution in [0.15, 0.2) is 84.9 Å². The molecule has 3 N–H and O–H groups in total. The minimum absolute atomic E-state index is 0.0890. The van der Waals surface area contributed by atoms with Crippen LogP contribution in [0.2, 0.25) is 0 Å². The average Bonchev–Trinajstić information content (AvgIpc) is 3.90. The fourth-order valence-electron chi connectivity index (χ4n) is 5.68.